The molecule has 0 radical (unpaired) electrons. The first-order valence-electron chi connectivity index (χ1n) is 6.70. The molecule has 0 saturated heterocycles. The Labute approximate surface area is 127 Å². The summed E-state index contributed by atoms with van der Waals surface area (Å²) in [5.74, 6) is -2.30. The van der Waals surface area contributed by atoms with Crippen molar-refractivity contribution in [1.29, 1.82) is 21.0 Å². The lowest BCUT2D eigenvalue weighted by Crippen LogP contribution is -2.39. The summed E-state index contributed by atoms with van der Waals surface area (Å²) in [7, 11) is 1.27. The molecule has 3 aliphatic carbocycles. The highest BCUT2D eigenvalue weighted by atomic mass is 16.5. The Morgan fingerprint density at radius 2 is 1.59 bits per heavy atom. The lowest BCUT2D eigenvalue weighted by molar-refractivity contribution is -0.136. The number of ether oxygens (including phenoxy) is 1. The van der Waals surface area contributed by atoms with Gasteiger partial charge in [-0.25, -0.2) is 4.79 Å². The molecule has 6 nitrogen and oxygen atoms in total. The maximum atomic E-state index is 11.9. The van der Waals surface area contributed by atoms with E-state index in [4.69, 9.17) is 4.74 Å². The molecule has 0 unspecified atom stereocenters. The van der Waals surface area contributed by atoms with Gasteiger partial charge >= 0.3 is 5.97 Å². The fourth-order valence-electron chi connectivity index (χ4n) is 4.29. The Bertz CT molecular complexity index is 768. The van der Waals surface area contributed by atoms with Gasteiger partial charge in [-0.05, 0) is 5.92 Å². The second kappa shape index (κ2) is 4.20. The average Bonchev–Trinajstić information content (AvgIpc) is 3.19. The predicted molar refractivity (Wildman–Crippen MR) is 70.5 cm³/mol. The van der Waals surface area contributed by atoms with Crippen LogP contribution in [0.4, 0.5) is 0 Å². The van der Waals surface area contributed by atoms with Gasteiger partial charge in [0, 0.05) is 23.3 Å². The molecule has 22 heavy (non-hydrogen) atoms. The molecule has 4 atom stereocenters. The first-order valence-corrected chi connectivity index (χ1v) is 6.70. The zero-order valence-electron chi connectivity index (χ0n) is 11.6. The number of allylic oxidation sites excluding steroid dienone is 3. The van der Waals surface area contributed by atoms with Gasteiger partial charge in [-0.3, -0.25) is 0 Å². The van der Waals surface area contributed by atoms with Gasteiger partial charge in [0.25, 0.3) is 0 Å². The number of hydrogen-bond donors (Lipinski definition) is 0. The first kappa shape index (κ1) is 13.9. The van der Waals surface area contributed by atoms with E-state index in [9.17, 15) is 25.8 Å². The van der Waals surface area contributed by atoms with E-state index in [2.05, 4.69) is 0 Å². The number of esters is 1. The van der Waals surface area contributed by atoms with E-state index in [-0.39, 0.29) is 11.8 Å². The van der Waals surface area contributed by atoms with Crippen LogP contribution in [-0.4, -0.2) is 13.1 Å². The van der Waals surface area contributed by atoms with Crippen LogP contribution in [0, 0.1) is 79.8 Å². The van der Waals surface area contributed by atoms with Crippen LogP contribution in [0.2, 0.25) is 0 Å². The van der Waals surface area contributed by atoms with Gasteiger partial charge < -0.3 is 4.74 Å². The molecule has 0 heterocycles. The minimum atomic E-state index is -1.79. The summed E-state index contributed by atoms with van der Waals surface area (Å²) in [4.78, 5) is 11.9. The van der Waals surface area contributed by atoms with Crippen molar-refractivity contribution in [3.8, 4) is 24.3 Å². The number of nitriles is 4. The summed E-state index contributed by atoms with van der Waals surface area (Å²) in [6, 6.07) is 7.70. The maximum Gasteiger partial charge on any atom is 0.334 e. The third-order valence-corrected chi connectivity index (χ3v) is 5.24. The molecular weight excluding hydrogens is 280 g/mol. The van der Waals surface area contributed by atoms with Crippen LogP contribution in [-0.2, 0) is 9.53 Å². The molecule has 0 aromatic carbocycles. The Morgan fingerprint density at radius 1 is 1.05 bits per heavy atom. The number of rotatable bonds is 1. The molecule has 1 fully saturated rings. The third-order valence-electron chi connectivity index (χ3n) is 5.24. The maximum absolute atomic E-state index is 11.9. The van der Waals surface area contributed by atoms with Gasteiger partial charge in [0.2, 0.25) is 0 Å². The van der Waals surface area contributed by atoms with Gasteiger partial charge in [0.1, 0.15) is 0 Å². The van der Waals surface area contributed by atoms with Crippen LogP contribution >= 0.6 is 0 Å². The molecule has 3 aliphatic rings. The summed E-state index contributed by atoms with van der Waals surface area (Å²) in [5.41, 5.74) is -3.12. The van der Waals surface area contributed by atoms with Gasteiger partial charge in [0.15, 0.2) is 10.8 Å². The quantitative estimate of drug-likeness (QED) is 0.528. The second-order valence-corrected chi connectivity index (χ2v) is 5.72. The number of carbonyl (C=O) groups is 1. The van der Waals surface area contributed by atoms with E-state index in [1.807, 2.05) is 24.3 Å². The van der Waals surface area contributed by atoms with Crippen molar-refractivity contribution < 1.29 is 9.53 Å². The van der Waals surface area contributed by atoms with Crippen molar-refractivity contribution in [2.24, 2.45) is 34.5 Å². The summed E-state index contributed by atoms with van der Waals surface area (Å²) < 4.78 is 4.75. The Balaban J connectivity index is 2.27. The molecule has 0 aromatic rings. The summed E-state index contributed by atoms with van der Waals surface area (Å²) >= 11 is 0. The van der Waals surface area contributed by atoms with Gasteiger partial charge in [-0.15, -0.1) is 0 Å². The Morgan fingerprint density at radius 3 is 2.09 bits per heavy atom. The monoisotopic (exact) mass is 290 g/mol. The largest absolute Gasteiger partial charge is 0.466 e. The van der Waals surface area contributed by atoms with Crippen molar-refractivity contribution in [2.75, 3.05) is 7.11 Å². The van der Waals surface area contributed by atoms with Gasteiger partial charge in [-0.1, -0.05) is 18.2 Å². The molecule has 1 saturated carbocycles. The minimum Gasteiger partial charge on any atom is -0.466 e. The average molecular weight is 290 g/mol. The normalized spacial score (nSPS) is 34.5. The number of carbonyl (C=O) groups excluding carboxylic acids is 1. The van der Waals surface area contributed by atoms with Crippen LogP contribution in [0.15, 0.2) is 23.8 Å². The zero-order chi connectivity index (χ0) is 16.1. The topological polar surface area (TPSA) is 121 Å². The molecule has 0 N–H and O–H groups in total. The van der Waals surface area contributed by atoms with Crippen molar-refractivity contribution in [3.63, 3.8) is 0 Å². The minimum absolute atomic E-state index is 0.298. The summed E-state index contributed by atoms with van der Waals surface area (Å²) in [6.07, 6.45) is 5.03. The van der Waals surface area contributed by atoms with Crippen LogP contribution in [0.5, 0.6) is 0 Å². The highest BCUT2D eigenvalue weighted by Gasteiger charge is 2.75. The van der Waals surface area contributed by atoms with E-state index in [0.29, 0.717) is 5.57 Å². The highest BCUT2D eigenvalue weighted by Crippen LogP contribution is 2.69. The van der Waals surface area contributed by atoms with Crippen LogP contribution in [0.3, 0.4) is 0 Å². The smallest absolute Gasteiger partial charge is 0.334 e. The third kappa shape index (κ3) is 1.15. The molecule has 0 aromatic heterocycles. The molecule has 0 spiro atoms. The molecule has 0 aliphatic heterocycles. The summed E-state index contributed by atoms with van der Waals surface area (Å²) in [6.45, 7) is 0. The van der Waals surface area contributed by atoms with E-state index >= 15 is 0 Å². The summed E-state index contributed by atoms with van der Waals surface area (Å²) in [5, 5.41) is 38.4. The standard InChI is InChI=1S/C16H10N4O2/c1-22-14(21)10-4-12-13-9(10)2-3-11(13)15(5-17,6-18)16(12,7-19)8-20/h2-4,9,11-13H,1H3/t9-,11+,12+,13+/m1/s1. The Hall–Kier alpha value is -3.09. The van der Waals surface area contributed by atoms with Crippen LogP contribution in [0.1, 0.15) is 0 Å². The van der Waals surface area contributed by atoms with Crippen molar-refractivity contribution in [3.05, 3.63) is 23.8 Å². The van der Waals surface area contributed by atoms with Crippen molar-refractivity contribution in [1.82, 2.24) is 0 Å². The molecule has 0 bridgehead atoms. The van der Waals surface area contributed by atoms with Gasteiger partial charge in [0.05, 0.1) is 31.4 Å². The van der Waals surface area contributed by atoms with Crippen molar-refractivity contribution >= 4 is 5.97 Å². The first-order chi connectivity index (χ1) is 10.6. The van der Waals surface area contributed by atoms with E-state index < -0.39 is 28.6 Å². The zero-order valence-corrected chi connectivity index (χ0v) is 11.6. The number of methoxy groups -OCH3 is 1. The SMILES string of the molecule is COC(=O)C1=C[C@H]2[C@H]3[C@@H]1C=C[C@@H]3C(C#N)(C#N)C2(C#N)C#N. The highest BCUT2D eigenvalue weighted by molar-refractivity contribution is 5.90. The van der Waals surface area contributed by atoms with Crippen LogP contribution < -0.4 is 0 Å². The van der Waals surface area contributed by atoms with Crippen molar-refractivity contribution in [2.45, 2.75) is 0 Å². The number of hydrogen-bond acceptors (Lipinski definition) is 6. The van der Waals surface area contributed by atoms with Gasteiger partial charge in [-0.2, -0.15) is 21.0 Å². The molecular formula is C16H10N4O2. The Kier molecular flexibility index (Phi) is 2.65. The number of nitrogens with zero attached hydrogens (tertiary/aromatic N) is 4. The van der Waals surface area contributed by atoms with E-state index in [1.54, 1.807) is 18.2 Å². The lowest BCUT2D eigenvalue weighted by Gasteiger charge is -2.28. The van der Waals surface area contributed by atoms with E-state index in [0.717, 1.165) is 0 Å². The molecule has 3 rings (SSSR count). The second-order valence-electron chi connectivity index (χ2n) is 5.72. The fourth-order valence-corrected chi connectivity index (χ4v) is 4.29. The fraction of sp³-hybridized carbons (Fsp3) is 0.438. The molecule has 6 heteroatoms. The molecule has 106 valence electrons. The molecule has 0 amide bonds. The van der Waals surface area contributed by atoms with E-state index in [1.165, 1.54) is 7.11 Å². The predicted octanol–water partition coefficient (Wildman–Crippen LogP) is 1.21. The lowest BCUT2D eigenvalue weighted by atomic mass is 9.63. The van der Waals surface area contributed by atoms with Crippen LogP contribution in [0.25, 0.3) is 0 Å².